The highest BCUT2D eigenvalue weighted by Gasteiger charge is 2.31. The van der Waals surface area contributed by atoms with Crippen molar-refractivity contribution in [3.63, 3.8) is 0 Å². The summed E-state index contributed by atoms with van der Waals surface area (Å²) in [6.07, 6.45) is 10.4. The van der Waals surface area contributed by atoms with Gasteiger partial charge in [-0.25, -0.2) is 0 Å². The maximum absolute atomic E-state index is 14.3. The zero-order chi connectivity index (χ0) is 32.1. The molecule has 0 bridgehead atoms. The Bertz CT molecular complexity index is 1010. The van der Waals surface area contributed by atoms with Crippen LogP contribution in [-0.2, 0) is 9.53 Å². The van der Waals surface area contributed by atoms with E-state index in [0.717, 1.165) is 51.2 Å². The molecule has 1 aliphatic carbocycles. The van der Waals surface area contributed by atoms with Crippen LogP contribution in [0.4, 0.5) is 5.69 Å². The lowest BCUT2D eigenvalue weighted by molar-refractivity contribution is -0.116. The van der Waals surface area contributed by atoms with Crippen molar-refractivity contribution in [3.05, 3.63) is 23.8 Å². The van der Waals surface area contributed by atoms with E-state index in [4.69, 9.17) is 9.47 Å². The molecule has 9 heteroatoms. The molecule has 1 heterocycles. The first-order valence-corrected chi connectivity index (χ1v) is 17.0. The van der Waals surface area contributed by atoms with E-state index in [-0.39, 0.29) is 36.5 Å². The van der Waals surface area contributed by atoms with Crippen LogP contribution in [0.25, 0.3) is 0 Å². The van der Waals surface area contributed by atoms with Gasteiger partial charge in [-0.2, -0.15) is 0 Å². The van der Waals surface area contributed by atoms with Gasteiger partial charge in [0.15, 0.2) is 0 Å². The van der Waals surface area contributed by atoms with Crippen molar-refractivity contribution >= 4 is 17.5 Å². The van der Waals surface area contributed by atoms with Crippen LogP contribution in [0.2, 0.25) is 0 Å². The minimum absolute atomic E-state index is 0.0337. The van der Waals surface area contributed by atoms with Crippen molar-refractivity contribution in [1.29, 1.82) is 0 Å². The summed E-state index contributed by atoms with van der Waals surface area (Å²) in [4.78, 5) is 33.2. The molecular formula is C35H60N4O5. The van der Waals surface area contributed by atoms with Crippen molar-refractivity contribution in [2.24, 2.45) is 11.8 Å². The highest BCUT2D eigenvalue weighted by atomic mass is 16.5. The highest BCUT2D eigenvalue weighted by Crippen LogP contribution is 2.29. The lowest BCUT2D eigenvalue weighted by Crippen LogP contribution is -2.47. The normalized spacial score (nSPS) is 23.6. The Morgan fingerprint density at radius 2 is 1.80 bits per heavy atom. The Balaban J connectivity index is 1.84. The Morgan fingerprint density at radius 1 is 1.07 bits per heavy atom. The van der Waals surface area contributed by atoms with Crippen molar-refractivity contribution in [3.8, 4) is 5.75 Å². The number of hydrogen-bond acceptors (Lipinski definition) is 7. The fourth-order valence-electron chi connectivity index (χ4n) is 6.43. The van der Waals surface area contributed by atoms with Crippen molar-refractivity contribution in [2.75, 3.05) is 65.9 Å². The van der Waals surface area contributed by atoms with E-state index in [9.17, 15) is 14.7 Å². The molecular weight excluding hydrogens is 556 g/mol. The SMILES string of the molecule is C[C@@H]1CCCCO[C@H](CN(C)CC2CCCCC2)[C@@H](C)CN([C@H](C)CO)C(=O)c2cc(NC(=O)CCCN(C)C)ccc2O1. The van der Waals surface area contributed by atoms with Crippen LogP contribution in [0.5, 0.6) is 5.75 Å². The second-order valence-electron chi connectivity index (χ2n) is 13.7. The minimum Gasteiger partial charge on any atom is -0.490 e. The molecule has 2 aliphatic rings. The molecule has 2 amide bonds. The fraction of sp³-hybridized carbons (Fsp3) is 0.771. The molecule has 1 aliphatic heterocycles. The van der Waals surface area contributed by atoms with Gasteiger partial charge in [0.2, 0.25) is 5.91 Å². The zero-order valence-electron chi connectivity index (χ0n) is 28.4. The standard InChI is InChI=1S/C35H60N4O5/c1-26-22-39(27(2)25-40)35(42)31-21-30(36-34(41)16-12-19-37(4)5)17-18-32(31)44-28(3)13-10-11-20-43-33(26)24-38(6)23-29-14-8-7-9-15-29/h17-18,21,26-29,33,40H,7-16,19-20,22-25H2,1-6H3,(H,36,41)/t26-,27+,28+,33+/m0/s1. The summed E-state index contributed by atoms with van der Waals surface area (Å²) >= 11 is 0. The van der Waals surface area contributed by atoms with Gasteiger partial charge >= 0.3 is 0 Å². The third-order valence-corrected chi connectivity index (χ3v) is 9.13. The lowest BCUT2D eigenvalue weighted by Gasteiger charge is -2.36. The zero-order valence-corrected chi connectivity index (χ0v) is 28.4. The summed E-state index contributed by atoms with van der Waals surface area (Å²) < 4.78 is 12.9. The number of ether oxygens (including phenoxy) is 2. The van der Waals surface area contributed by atoms with Crippen LogP contribution >= 0.6 is 0 Å². The molecule has 44 heavy (non-hydrogen) atoms. The summed E-state index contributed by atoms with van der Waals surface area (Å²) in [5.74, 6) is 1.01. The lowest BCUT2D eigenvalue weighted by atomic mass is 9.89. The van der Waals surface area contributed by atoms with E-state index in [1.54, 1.807) is 23.1 Å². The van der Waals surface area contributed by atoms with Gasteiger partial charge in [-0.3, -0.25) is 9.59 Å². The van der Waals surface area contributed by atoms with Crippen molar-refractivity contribution in [2.45, 2.75) is 103 Å². The number of benzene rings is 1. The molecule has 0 saturated heterocycles. The predicted octanol–water partition coefficient (Wildman–Crippen LogP) is 5.27. The first-order chi connectivity index (χ1) is 21.1. The fourth-order valence-corrected chi connectivity index (χ4v) is 6.43. The Morgan fingerprint density at radius 3 is 2.50 bits per heavy atom. The van der Waals surface area contributed by atoms with E-state index in [1.165, 1.54) is 32.1 Å². The number of nitrogens with one attached hydrogen (secondary N) is 1. The van der Waals surface area contributed by atoms with Crippen LogP contribution in [0.15, 0.2) is 18.2 Å². The van der Waals surface area contributed by atoms with Gasteiger partial charge in [0.05, 0.1) is 30.4 Å². The third kappa shape index (κ3) is 12.0. The maximum Gasteiger partial charge on any atom is 0.258 e. The van der Waals surface area contributed by atoms with Crippen LogP contribution < -0.4 is 10.1 Å². The van der Waals surface area contributed by atoms with Crippen LogP contribution in [0.3, 0.4) is 0 Å². The number of aliphatic hydroxyl groups is 1. The molecule has 3 rings (SSSR count). The quantitative estimate of drug-likeness (QED) is 0.350. The molecule has 1 aromatic carbocycles. The Hall–Kier alpha value is -2.20. The molecule has 250 valence electrons. The van der Waals surface area contributed by atoms with Crippen molar-refractivity contribution in [1.82, 2.24) is 14.7 Å². The van der Waals surface area contributed by atoms with Gasteiger partial charge < -0.3 is 34.6 Å². The topological polar surface area (TPSA) is 94.6 Å². The largest absolute Gasteiger partial charge is 0.490 e. The predicted molar refractivity (Wildman–Crippen MR) is 177 cm³/mol. The maximum atomic E-state index is 14.3. The summed E-state index contributed by atoms with van der Waals surface area (Å²) in [5.41, 5.74) is 0.971. The van der Waals surface area contributed by atoms with Gasteiger partial charge in [0, 0.05) is 44.3 Å². The van der Waals surface area contributed by atoms with Gasteiger partial charge in [0.25, 0.3) is 5.91 Å². The van der Waals surface area contributed by atoms with Gasteiger partial charge in [0.1, 0.15) is 5.75 Å². The van der Waals surface area contributed by atoms with Crippen molar-refractivity contribution < 1.29 is 24.2 Å². The number of carbonyl (C=O) groups excluding carboxylic acids is 2. The number of anilines is 1. The number of fused-ring (bicyclic) bond motifs is 1. The average Bonchev–Trinajstić information content (AvgIpc) is 2.98. The van der Waals surface area contributed by atoms with Crippen LogP contribution in [0.1, 0.15) is 95.3 Å². The number of nitrogens with zero attached hydrogens (tertiary/aromatic N) is 3. The molecule has 1 saturated carbocycles. The number of carbonyl (C=O) groups is 2. The summed E-state index contributed by atoms with van der Waals surface area (Å²) in [6.45, 7) is 9.74. The number of likely N-dealkylation sites (N-methyl/N-ethyl adjacent to an activating group) is 1. The molecule has 1 aromatic rings. The summed E-state index contributed by atoms with van der Waals surface area (Å²) in [5, 5.41) is 13.2. The minimum atomic E-state index is -0.395. The molecule has 0 aromatic heterocycles. The highest BCUT2D eigenvalue weighted by molar-refractivity contribution is 5.99. The summed E-state index contributed by atoms with van der Waals surface area (Å²) in [7, 11) is 6.17. The first kappa shape index (κ1) is 36.3. The van der Waals surface area contributed by atoms with E-state index in [2.05, 4.69) is 29.1 Å². The van der Waals surface area contributed by atoms with E-state index >= 15 is 0 Å². The van der Waals surface area contributed by atoms with E-state index < -0.39 is 6.04 Å². The number of amides is 2. The molecule has 0 unspecified atom stereocenters. The Labute approximate surface area is 266 Å². The number of rotatable bonds is 11. The number of aliphatic hydroxyl groups excluding tert-OH is 1. The second kappa shape index (κ2) is 18.7. The van der Waals surface area contributed by atoms with E-state index in [0.29, 0.717) is 36.6 Å². The van der Waals surface area contributed by atoms with Crippen LogP contribution in [-0.4, -0.2) is 110 Å². The number of hydrogen-bond donors (Lipinski definition) is 2. The molecule has 0 spiro atoms. The molecule has 9 nitrogen and oxygen atoms in total. The van der Waals surface area contributed by atoms with Gasteiger partial charge in [-0.05, 0) is 104 Å². The van der Waals surface area contributed by atoms with E-state index in [1.807, 2.05) is 27.9 Å². The molecule has 4 atom stereocenters. The third-order valence-electron chi connectivity index (χ3n) is 9.13. The van der Waals surface area contributed by atoms with Crippen LogP contribution in [0, 0.1) is 11.8 Å². The second-order valence-corrected chi connectivity index (χ2v) is 13.7. The summed E-state index contributed by atoms with van der Waals surface area (Å²) in [6, 6.07) is 4.93. The van der Waals surface area contributed by atoms with Gasteiger partial charge in [-0.1, -0.05) is 26.2 Å². The molecule has 0 radical (unpaired) electrons. The first-order valence-electron chi connectivity index (χ1n) is 17.0. The monoisotopic (exact) mass is 616 g/mol. The average molecular weight is 617 g/mol. The molecule has 1 fully saturated rings. The molecule has 2 N–H and O–H groups in total. The Kier molecular flexibility index (Phi) is 15.4. The smallest absolute Gasteiger partial charge is 0.258 e. The van der Waals surface area contributed by atoms with Gasteiger partial charge in [-0.15, -0.1) is 0 Å².